The molecule has 0 spiro atoms. The maximum Gasteiger partial charge on any atom is 0.143 e. The Balaban J connectivity index is 1.04. The first kappa shape index (κ1) is 34.9. The molecule has 0 saturated heterocycles. The van der Waals surface area contributed by atoms with Gasteiger partial charge in [0.05, 0.1) is 22.4 Å². The van der Waals surface area contributed by atoms with Crippen molar-refractivity contribution in [3.8, 4) is 39.1 Å². The Hall–Kier alpha value is -8.14. The van der Waals surface area contributed by atoms with E-state index in [-0.39, 0.29) is 0 Å². The van der Waals surface area contributed by atoms with E-state index in [9.17, 15) is 0 Å². The highest BCUT2D eigenvalue weighted by Crippen LogP contribution is 2.46. The zero-order valence-electron chi connectivity index (χ0n) is 33.2. The number of nitrogens with zero attached hydrogens (tertiary/aromatic N) is 2. The molecular weight excluding hydrogens is 741 g/mol. The molecule has 3 nitrogen and oxygen atoms in total. The van der Waals surface area contributed by atoms with Crippen molar-refractivity contribution >= 4 is 71.6 Å². The third kappa shape index (κ3) is 5.74. The normalized spacial score (nSPS) is 11.6. The van der Waals surface area contributed by atoms with Crippen LogP contribution in [-0.4, -0.2) is 4.57 Å². The molecule has 286 valence electrons. The molecule has 3 heteroatoms. The quantitative estimate of drug-likeness (QED) is 0.161. The van der Waals surface area contributed by atoms with E-state index in [1.165, 1.54) is 38.3 Å². The predicted octanol–water partition coefficient (Wildman–Crippen LogP) is 16.3. The van der Waals surface area contributed by atoms with Gasteiger partial charge in [-0.05, 0) is 88.3 Å². The van der Waals surface area contributed by atoms with Crippen LogP contribution in [0.1, 0.15) is 0 Å². The third-order valence-electron chi connectivity index (χ3n) is 12.2. The van der Waals surface area contributed by atoms with Crippen LogP contribution in [0.5, 0.6) is 0 Å². The molecule has 0 amide bonds. The van der Waals surface area contributed by atoms with Crippen molar-refractivity contribution in [1.29, 1.82) is 0 Å². The zero-order chi connectivity index (χ0) is 40.3. The van der Waals surface area contributed by atoms with Crippen molar-refractivity contribution in [2.45, 2.75) is 0 Å². The van der Waals surface area contributed by atoms with E-state index < -0.39 is 0 Å². The van der Waals surface area contributed by atoms with Crippen LogP contribution >= 0.6 is 0 Å². The first-order chi connectivity index (χ1) is 30.3. The van der Waals surface area contributed by atoms with Gasteiger partial charge >= 0.3 is 0 Å². The molecule has 12 rings (SSSR count). The second kappa shape index (κ2) is 14.3. The predicted molar refractivity (Wildman–Crippen MR) is 257 cm³/mol. The van der Waals surface area contributed by atoms with Gasteiger partial charge in [0.1, 0.15) is 11.2 Å². The molecule has 2 heterocycles. The van der Waals surface area contributed by atoms with Crippen molar-refractivity contribution in [3.63, 3.8) is 0 Å². The fourth-order valence-electron chi connectivity index (χ4n) is 9.44. The topological polar surface area (TPSA) is 21.3 Å². The van der Waals surface area contributed by atoms with Crippen LogP contribution in [-0.2, 0) is 0 Å². The first-order valence-electron chi connectivity index (χ1n) is 20.8. The van der Waals surface area contributed by atoms with Crippen LogP contribution in [0.15, 0.2) is 235 Å². The maximum absolute atomic E-state index is 6.69. The molecular formula is C58H38N2O. The van der Waals surface area contributed by atoms with Gasteiger partial charge in [-0.1, -0.05) is 170 Å². The van der Waals surface area contributed by atoms with Gasteiger partial charge in [0.25, 0.3) is 0 Å². The molecule has 0 N–H and O–H groups in total. The molecule has 2 aromatic heterocycles. The highest BCUT2D eigenvalue weighted by molar-refractivity contribution is 6.20. The minimum Gasteiger partial charge on any atom is -0.455 e. The number of benzene rings is 10. The smallest absolute Gasteiger partial charge is 0.143 e. The van der Waals surface area contributed by atoms with Gasteiger partial charge in [-0.3, -0.25) is 0 Å². The molecule has 61 heavy (non-hydrogen) atoms. The van der Waals surface area contributed by atoms with Gasteiger partial charge in [0.15, 0.2) is 0 Å². The number of para-hydroxylation sites is 4. The largest absolute Gasteiger partial charge is 0.455 e. The van der Waals surface area contributed by atoms with Crippen LogP contribution in [0.2, 0.25) is 0 Å². The lowest BCUT2D eigenvalue weighted by molar-refractivity contribution is 0.673. The Labute approximate surface area is 353 Å². The Morgan fingerprint density at radius 2 is 0.984 bits per heavy atom. The second-order valence-electron chi connectivity index (χ2n) is 15.6. The summed E-state index contributed by atoms with van der Waals surface area (Å²) in [5.41, 5.74) is 15.5. The van der Waals surface area contributed by atoms with Gasteiger partial charge in [0, 0.05) is 49.4 Å². The summed E-state index contributed by atoms with van der Waals surface area (Å²) >= 11 is 0. The Morgan fingerprint density at radius 3 is 1.79 bits per heavy atom. The summed E-state index contributed by atoms with van der Waals surface area (Å²) in [5, 5.41) is 7.02. The SMILES string of the molecule is c1ccc(-c2cccc(N(c3ccc(-c4ccccc4-n4c5ccccc5c5ccccc54)cc3)c3ccccc3-c3cccc4oc5c6ccccc6ccc5c34)c2)cc1. The van der Waals surface area contributed by atoms with E-state index in [1.807, 2.05) is 0 Å². The fraction of sp³-hybridized carbons (Fsp3) is 0. The first-order valence-corrected chi connectivity index (χ1v) is 20.8. The molecule has 0 unspecified atom stereocenters. The fourth-order valence-corrected chi connectivity index (χ4v) is 9.44. The van der Waals surface area contributed by atoms with Crippen molar-refractivity contribution in [2.24, 2.45) is 0 Å². The van der Waals surface area contributed by atoms with Gasteiger partial charge in [0.2, 0.25) is 0 Å². The van der Waals surface area contributed by atoms with Crippen LogP contribution in [0.25, 0.3) is 93.6 Å². The average Bonchev–Trinajstić information content (AvgIpc) is 3.89. The molecule has 12 aromatic rings. The molecule has 10 aromatic carbocycles. The van der Waals surface area contributed by atoms with Crippen LogP contribution < -0.4 is 4.90 Å². The number of furan rings is 1. The minimum absolute atomic E-state index is 0.877. The molecule has 0 aliphatic carbocycles. The number of hydrogen-bond acceptors (Lipinski definition) is 2. The highest BCUT2D eigenvalue weighted by atomic mass is 16.3. The third-order valence-corrected chi connectivity index (χ3v) is 12.2. The van der Waals surface area contributed by atoms with Crippen molar-refractivity contribution < 1.29 is 4.42 Å². The number of anilines is 3. The minimum atomic E-state index is 0.877. The molecule has 0 aliphatic rings. The number of hydrogen-bond donors (Lipinski definition) is 0. The van der Waals surface area contributed by atoms with Crippen molar-refractivity contribution in [1.82, 2.24) is 4.57 Å². The van der Waals surface area contributed by atoms with Crippen LogP contribution in [0.3, 0.4) is 0 Å². The number of rotatable bonds is 7. The lowest BCUT2D eigenvalue weighted by atomic mass is 9.95. The molecule has 0 fully saturated rings. The van der Waals surface area contributed by atoms with Gasteiger partial charge in [-0.15, -0.1) is 0 Å². The molecule has 0 aliphatic heterocycles. The molecule has 0 bridgehead atoms. The lowest BCUT2D eigenvalue weighted by Gasteiger charge is -2.28. The van der Waals surface area contributed by atoms with E-state index in [1.54, 1.807) is 0 Å². The summed E-state index contributed by atoms with van der Waals surface area (Å²) < 4.78 is 9.10. The Kier molecular flexibility index (Phi) is 8.17. The maximum atomic E-state index is 6.69. The summed E-state index contributed by atoms with van der Waals surface area (Å²) in [7, 11) is 0. The van der Waals surface area contributed by atoms with Crippen molar-refractivity contribution in [3.05, 3.63) is 231 Å². The highest BCUT2D eigenvalue weighted by Gasteiger charge is 2.22. The van der Waals surface area contributed by atoms with Crippen LogP contribution in [0.4, 0.5) is 17.1 Å². The van der Waals surface area contributed by atoms with Crippen LogP contribution in [0, 0.1) is 0 Å². The van der Waals surface area contributed by atoms with Crippen molar-refractivity contribution in [2.75, 3.05) is 4.90 Å². The van der Waals surface area contributed by atoms with Gasteiger partial charge in [-0.2, -0.15) is 0 Å². The van der Waals surface area contributed by atoms with Gasteiger partial charge in [-0.25, -0.2) is 0 Å². The van der Waals surface area contributed by atoms with Gasteiger partial charge < -0.3 is 13.9 Å². The van der Waals surface area contributed by atoms with E-state index in [4.69, 9.17) is 4.42 Å². The Morgan fingerprint density at radius 1 is 0.361 bits per heavy atom. The van der Waals surface area contributed by atoms with E-state index in [0.717, 1.165) is 72.3 Å². The number of fused-ring (bicyclic) bond motifs is 8. The average molecular weight is 779 g/mol. The number of aromatic nitrogens is 1. The van der Waals surface area contributed by atoms with E-state index in [0.29, 0.717) is 0 Å². The summed E-state index contributed by atoms with van der Waals surface area (Å²) in [6, 6.07) is 82.9. The Bertz CT molecular complexity index is 3540. The standard InChI is InChI=1S/C58H38N2O/c1-2-16-39(17-3-1)42-19-14-20-44(38-42)59(53-28-11-9-25-49(53)50-26-15-31-56-57(50)51-37-34-40-18-4-5-22-46(40)58(51)61-56)43-35-32-41(33-36-43)45-21-6-10-27-52(45)60-54-29-12-7-23-47(54)48-24-8-13-30-55(48)60/h1-38H. The molecule has 0 atom stereocenters. The zero-order valence-corrected chi connectivity index (χ0v) is 33.2. The summed E-state index contributed by atoms with van der Waals surface area (Å²) in [6.45, 7) is 0. The summed E-state index contributed by atoms with van der Waals surface area (Å²) in [4.78, 5) is 2.40. The second-order valence-corrected chi connectivity index (χ2v) is 15.6. The molecule has 0 radical (unpaired) electrons. The van der Waals surface area contributed by atoms with E-state index >= 15 is 0 Å². The lowest BCUT2D eigenvalue weighted by Crippen LogP contribution is -2.11. The summed E-state index contributed by atoms with van der Waals surface area (Å²) in [5.74, 6) is 0. The monoisotopic (exact) mass is 778 g/mol. The van der Waals surface area contributed by atoms with E-state index in [2.05, 4.69) is 240 Å². The summed E-state index contributed by atoms with van der Waals surface area (Å²) in [6.07, 6.45) is 0. The molecule has 0 saturated carbocycles.